The number of para-hydroxylation sites is 1. The summed E-state index contributed by atoms with van der Waals surface area (Å²) >= 11 is 1.89. The van der Waals surface area contributed by atoms with Gasteiger partial charge < -0.3 is 5.32 Å². The zero-order chi connectivity index (χ0) is 14.1. The smallest absolute Gasteiger partial charge is 0.0376 e. The minimum Gasteiger partial charge on any atom is -0.385 e. The van der Waals surface area contributed by atoms with E-state index in [9.17, 15) is 0 Å². The highest BCUT2D eigenvalue weighted by molar-refractivity contribution is 7.09. The Morgan fingerprint density at radius 2 is 2.00 bits per heavy atom. The number of rotatable bonds is 5. The molecule has 4 rings (SSSR count). The van der Waals surface area contributed by atoms with Crippen LogP contribution in [0.3, 0.4) is 0 Å². The Labute approximate surface area is 130 Å². The van der Waals surface area contributed by atoms with Crippen molar-refractivity contribution >= 4 is 17.0 Å². The number of thiophene rings is 1. The Morgan fingerprint density at radius 1 is 1.10 bits per heavy atom. The monoisotopic (exact) mass is 298 g/mol. The van der Waals surface area contributed by atoms with Crippen molar-refractivity contribution in [1.29, 1.82) is 0 Å². The van der Waals surface area contributed by atoms with Gasteiger partial charge in [0.05, 0.1) is 0 Å². The summed E-state index contributed by atoms with van der Waals surface area (Å²) in [6.45, 7) is 3.45. The van der Waals surface area contributed by atoms with E-state index >= 15 is 0 Å². The molecule has 1 atom stereocenters. The zero-order valence-electron chi connectivity index (χ0n) is 12.3. The molecule has 1 unspecified atom stereocenters. The third-order valence-electron chi connectivity index (χ3n) is 4.67. The molecule has 3 heteroatoms. The van der Waals surface area contributed by atoms with Crippen LogP contribution in [0.2, 0.25) is 0 Å². The number of fused-ring (bicyclic) bond motifs is 1. The van der Waals surface area contributed by atoms with E-state index in [-0.39, 0.29) is 0 Å². The summed E-state index contributed by atoms with van der Waals surface area (Å²) in [5.41, 5.74) is 2.86. The molecule has 0 bridgehead atoms. The maximum Gasteiger partial charge on any atom is 0.0376 e. The Kier molecular flexibility index (Phi) is 3.70. The van der Waals surface area contributed by atoms with Crippen molar-refractivity contribution in [2.45, 2.75) is 37.8 Å². The van der Waals surface area contributed by atoms with Gasteiger partial charge in [-0.05, 0) is 42.3 Å². The summed E-state index contributed by atoms with van der Waals surface area (Å²) in [7, 11) is 0. The number of benzene rings is 1. The minimum atomic E-state index is 0.683. The average molecular weight is 298 g/mol. The molecule has 0 radical (unpaired) electrons. The molecular formula is C18H22N2S. The number of hydrogen-bond acceptors (Lipinski definition) is 3. The Balaban J connectivity index is 1.51. The first-order valence-corrected chi connectivity index (χ1v) is 8.87. The molecule has 0 spiro atoms. The molecule has 1 N–H and O–H groups in total. The largest absolute Gasteiger partial charge is 0.385 e. The number of nitrogens with one attached hydrogen (secondary N) is 1. The van der Waals surface area contributed by atoms with Gasteiger partial charge in [0.1, 0.15) is 0 Å². The molecule has 2 aromatic rings. The minimum absolute atomic E-state index is 0.683. The number of anilines is 1. The average Bonchev–Trinajstić information content (AvgIpc) is 3.25. The van der Waals surface area contributed by atoms with Gasteiger partial charge in [-0.1, -0.05) is 24.3 Å². The van der Waals surface area contributed by atoms with E-state index in [1.54, 1.807) is 0 Å². The zero-order valence-corrected chi connectivity index (χ0v) is 13.1. The van der Waals surface area contributed by atoms with Crippen molar-refractivity contribution in [3.8, 4) is 0 Å². The van der Waals surface area contributed by atoms with Gasteiger partial charge in [-0.3, -0.25) is 4.90 Å². The molecule has 1 saturated carbocycles. The molecule has 0 saturated heterocycles. The molecule has 2 heterocycles. The summed E-state index contributed by atoms with van der Waals surface area (Å²) in [5, 5.41) is 5.73. The maximum atomic E-state index is 3.54. The van der Waals surface area contributed by atoms with E-state index in [0.717, 1.165) is 19.1 Å². The van der Waals surface area contributed by atoms with E-state index in [4.69, 9.17) is 0 Å². The van der Waals surface area contributed by atoms with E-state index in [1.165, 1.54) is 41.9 Å². The van der Waals surface area contributed by atoms with Crippen molar-refractivity contribution < 1.29 is 0 Å². The van der Waals surface area contributed by atoms with Crippen LogP contribution in [0.5, 0.6) is 0 Å². The van der Waals surface area contributed by atoms with Gasteiger partial charge in [0.25, 0.3) is 0 Å². The van der Waals surface area contributed by atoms with Crippen LogP contribution < -0.4 is 5.32 Å². The highest BCUT2D eigenvalue weighted by Gasteiger charge is 2.32. The molecule has 2 nitrogen and oxygen atoms in total. The highest BCUT2D eigenvalue weighted by Crippen LogP contribution is 2.36. The van der Waals surface area contributed by atoms with Crippen molar-refractivity contribution in [2.24, 2.45) is 0 Å². The lowest BCUT2D eigenvalue weighted by atomic mass is 9.90. The van der Waals surface area contributed by atoms with E-state index in [0.29, 0.717) is 5.92 Å². The second-order valence-electron chi connectivity index (χ2n) is 6.24. The molecule has 21 heavy (non-hydrogen) atoms. The summed E-state index contributed by atoms with van der Waals surface area (Å²) < 4.78 is 0. The van der Waals surface area contributed by atoms with Crippen LogP contribution in [0.1, 0.15) is 35.6 Å². The molecule has 2 aliphatic rings. The maximum absolute atomic E-state index is 3.54. The van der Waals surface area contributed by atoms with Crippen molar-refractivity contribution in [2.75, 3.05) is 18.4 Å². The third kappa shape index (κ3) is 2.99. The number of nitrogens with zero attached hydrogens (tertiary/aromatic N) is 1. The van der Waals surface area contributed by atoms with E-state index in [2.05, 4.69) is 52.0 Å². The SMILES string of the molecule is c1csc(CN(CC2CCNc3ccccc32)C2CC2)c1. The Bertz CT molecular complexity index is 589. The first-order valence-electron chi connectivity index (χ1n) is 7.99. The van der Waals surface area contributed by atoms with Gasteiger partial charge in [-0.2, -0.15) is 0 Å². The highest BCUT2D eigenvalue weighted by atomic mass is 32.1. The van der Waals surface area contributed by atoms with Crippen LogP contribution in [-0.2, 0) is 6.54 Å². The Hall–Kier alpha value is -1.32. The third-order valence-corrected chi connectivity index (χ3v) is 5.53. The fourth-order valence-electron chi connectivity index (χ4n) is 3.41. The predicted molar refractivity (Wildman–Crippen MR) is 90.0 cm³/mol. The first-order chi connectivity index (χ1) is 10.4. The summed E-state index contributed by atoms with van der Waals surface area (Å²) in [6, 6.07) is 14.1. The van der Waals surface area contributed by atoms with Gasteiger partial charge >= 0.3 is 0 Å². The topological polar surface area (TPSA) is 15.3 Å². The van der Waals surface area contributed by atoms with Gasteiger partial charge in [0.2, 0.25) is 0 Å². The van der Waals surface area contributed by atoms with Crippen LogP contribution in [0.25, 0.3) is 0 Å². The van der Waals surface area contributed by atoms with Crippen molar-refractivity contribution in [3.05, 3.63) is 52.2 Å². The summed E-state index contributed by atoms with van der Waals surface area (Å²) in [5.74, 6) is 0.683. The first kappa shape index (κ1) is 13.4. The fraction of sp³-hybridized carbons (Fsp3) is 0.444. The molecule has 1 aliphatic heterocycles. The molecular weight excluding hydrogens is 276 g/mol. The summed E-state index contributed by atoms with van der Waals surface area (Å²) in [6.07, 6.45) is 4.03. The lowest BCUT2D eigenvalue weighted by Gasteiger charge is -2.32. The normalized spacial score (nSPS) is 21.1. The van der Waals surface area contributed by atoms with Crippen molar-refractivity contribution in [1.82, 2.24) is 4.90 Å². The van der Waals surface area contributed by atoms with E-state index in [1.807, 2.05) is 11.3 Å². The van der Waals surface area contributed by atoms with Crippen LogP contribution in [0, 0.1) is 0 Å². The number of hydrogen-bond donors (Lipinski definition) is 1. The molecule has 0 amide bonds. The van der Waals surface area contributed by atoms with Gasteiger partial charge in [-0.25, -0.2) is 0 Å². The fourth-order valence-corrected chi connectivity index (χ4v) is 4.14. The van der Waals surface area contributed by atoms with Crippen LogP contribution >= 0.6 is 11.3 Å². The second-order valence-corrected chi connectivity index (χ2v) is 7.27. The van der Waals surface area contributed by atoms with Crippen LogP contribution in [0.4, 0.5) is 5.69 Å². The predicted octanol–water partition coefficient (Wildman–Crippen LogP) is 4.31. The molecule has 1 fully saturated rings. The summed E-state index contributed by atoms with van der Waals surface area (Å²) in [4.78, 5) is 4.22. The quantitative estimate of drug-likeness (QED) is 0.884. The standard InChI is InChI=1S/C18H22N2S/c1-2-6-18-17(5-1)14(9-10-19-18)12-20(15-7-8-15)13-16-4-3-11-21-16/h1-6,11,14-15,19H,7-10,12-13H2. The van der Waals surface area contributed by atoms with Crippen molar-refractivity contribution in [3.63, 3.8) is 0 Å². The molecule has 1 aromatic carbocycles. The molecule has 1 aliphatic carbocycles. The van der Waals surface area contributed by atoms with Crippen LogP contribution in [0.15, 0.2) is 41.8 Å². The second kappa shape index (κ2) is 5.82. The molecule has 110 valence electrons. The van der Waals surface area contributed by atoms with E-state index < -0.39 is 0 Å². The molecule has 1 aromatic heterocycles. The Morgan fingerprint density at radius 3 is 2.81 bits per heavy atom. The lowest BCUT2D eigenvalue weighted by Crippen LogP contribution is -2.32. The van der Waals surface area contributed by atoms with Gasteiger partial charge in [-0.15, -0.1) is 11.3 Å². The lowest BCUT2D eigenvalue weighted by molar-refractivity contribution is 0.236. The van der Waals surface area contributed by atoms with Crippen LogP contribution in [-0.4, -0.2) is 24.0 Å². The van der Waals surface area contributed by atoms with Gasteiger partial charge in [0.15, 0.2) is 0 Å². The van der Waals surface area contributed by atoms with Gasteiger partial charge in [0, 0.05) is 42.2 Å².